The SMILES string of the molecule is Cc1ccc2c(c1Br)CN(C(=O)NC(C)c1cccc(C#N)c1)C2. The monoisotopic (exact) mass is 383 g/mol. The molecule has 0 bridgehead atoms. The number of aryl methyl sites for hydroxylation is 1. The third-order valence-corrected chi connectivity index (χ3v) is 5.49. The van der Waals surface area contributed by atoms with Crippen LogP contribution < -0.4 is 5.32 Å². The summed E-state index contributed by atoms with van der Waals surface area (Å²) in [6.45, 7) is 5.20. The van der Waals surface area contributed by atoms with Gasteiger partial charge >= 0.3 is 6.03 Å². The van der Waals surface area contributed by atoms with E-state index in [1.165, 1.54) is 16.7 Å². The molecule has 1 heterocycles. The van der Waals surface area contributed by atoms with Gasteiger partial charge in [0.25, 0.3) is 0 Å². The lowest BCUT2D eigenvalue weighted by atomic mass is 10.1. The largest absolute Gasteiger partial charge is 0.331 e. The first kappa shape index (κ1) is 16.5. The van der Waals surface area contributed by atoms with Crippen LogP contribution in [0.2, 0.25) is 0 Å². The number of benzene rings is 2. The average Bonchev–Trinajstić information content (AvgIpc) is 3.03. The molecular weight excluding hydrogens is 366 g/mol. The minimum Gasteiger partial charge on any atom is -0.331 e. The standard InChI is InChI=1S/C19H18BrN3O/c1-12-6-7-16-10-23(11-17(16)18(12)20)19(24)22-13(2)15-5-3-4-14(8-15)9-21/h3-8,13H,10-11H2,1-2H3,(H,22,24). The number of fused-ring (bicyclic) bond motifs is 1. The lowest BCUT2D eigenvalue weighted by molar-refractivity contribution is 0.195. The van der Waals surface area contributed by atoms with E-state index < -0.39 is 0 Å². The summed E-state index contributed by atoms with van der Waals surface area (Å²) in [5, 5.41) is 12.0. The van der Waals surface area contributed by atoms with Crippen LogP contribution in [0.4, 0.5) is 4.79 Å². The maximum atomic E-state index is 12.6. The van der Waals surface area contributed by atoms with Gasteiger partial charge in [-0.3, -0.25) is 0 Å². The zero-order valence-electron chi connectivity index (χ0n) is 13.6. The molecule has 0 saturated heterocycles. The Bertz CT molecular complexity index is 841. The zero-order chi connectivity index (χ0) is 17.3. The third kappa shape index (κ3) is 3.15. The van der Waals surface area contributed by atoms with Crippen LogP contribution in [0.3, 0.4) is 0 Å². The van der Waals surface area contributed by atoms with E-state index >= 15 is 0 Å². The summed E-state index contributed by atoms with van der Waals surface area (Å²) in [4.78, 5) is 14.4. The van der Waals surface area contributed by atoms with Crippen molar-refractivity contribution in [2.75, 3.05) is 0 Å². The van der Waals surface area contributed by atoms with Crippen LogP contribution in [0.5, 0.6) is 0 Å². The fraction of sp³-hybridized carbons (Fsp3) is 0.263. The van der Waals surface area contributed by atoms with E-state index in [1.807, 2.05) is 25.1 Å². The van der Waals surface area contributed by atoms with Gasteiger partial charge in [-0.25, -0.2) is 4.79 Å². The molecule has 1 aliphatic rings. The lowest BCUT2D eigenvalue weighted by Gasteiger charge is -2.21. The van der Waals surface area contributed by atoms with Gasteiger partial charge < -0.3 is 10.2 Å². The Kier molecular flexibility index (Phi) is 4.59. The quantitative estimate of drug-likeness (QED) is 0.834. The Labute approximate surface area is 150 Å². The highest BCUT2D eigenvalue weighted by atomic mass is 79.9. The number of carbonyl (C=O) groups excluding carboxylic acids is 1. The molecule has 2 amide bonds. The van der Waals surface area contributed by atoms with Crippen molar-refractivity contribution in [1.29, 1.82) is 5.26 Å². The summed E-state index contributed by atoms with van der Waals surface area (Å²) in [6, 6.07) is 13.4. The molecule has 4 nitrogen and oxygen atoms in total. The zero-order valence-corrected chi connectivity index (χ0v) is 15.2. The predicted molar refractivity (Wildman–Crippen MR) is 96.2 cm³/mol. The van der Waals surface area contributed by atoms with Crippen LogP contribution in [-0.4, -0.2) is 10.9 Å². The van der Waals surface area contributed by atoms with E-state index in [2.05, 4.69) is 46.4 Å². The first-order valence-electron chi connectivity index (χ1n) is 7.82. The van der Waals surface area contributed by atoms with Gasteiger partial charge in [-0.05, 0) is 48.2 Å². The fourth-order valence-electron chi connectivity index (χ4n) is 2.93. The van der Waals surface area contributed by atoms with Crippen LogP contribution in [0.25, 0.3) is 0 Å². The molecule has 1 N–H and O–H groups in total. The van der Waals surface area contributed by atoms with E-state index in [0.717, 1.165) is 10.0 Å². The lowest BCUT2D eigenvalue weighted by Crippen LogP contribution is -2.37. The van der Waals surface area contributed by atoms with Crippen molar-refractivity contribution in [2.45, 2.75) is 33.0 Å². The summed E-state index contributed by atoms with van der Waals surface area (Å²) in [6.07, 6.45) is 0. The Morgan fingerprint density at radius 3 is 2.88 bits per heavy atom. The number of hydrogen-bond acceptors (Lipinski definition) is 2. The van der Waals surface area contributed by atoms with Crippen molar-refractivity contribution >= 4 is 22.0 Å². The average molecular weight is 384 g/mol. The van der Waals surface area contributed by atoms with E-state index in [9.17, 15) is 4.79 Å². The summed E-state index contributed by atoms with van der Waals surface area (Å²) >= 11 is 3.62. The van der Waals surface area contributed by atoms with Gasteiger partial charge in [-0.1, -0.05) is 40.2 Å². The number of nitrogens with zero attached hydrogens (tertiary/aromatic N) is 2. The highest BCUT2D eigenvalue weighted by Crippen LogP contribution is 2.32. The van der Waals surface area contributed by atoms with Gasteiger partial charge in [-0.15, -0.1) is 0 Å². The van der Waals surface area contributed by atoms with Crippen molar-refractivity contribution < 1.29 is 4.79 Å². The Balaban J connectivity index is 1.70. The highest BCUT2D eigenvalue weighted by Gasteiger charge is 2.26. The van der Waals surface area contributed by atoms with Crippen molar-refractivity contribution in [3.8, 4) is 6.07 Å². The van der Waals surface area contributed by atoms with Gasteiger partial charge in [0.15, 0.2) is 0 Å². The van der Waals surface area contributed by atoms with Gasteiger partial charge in [0, 0.05) is 17.6 Å². The second kappa shape index (κ2) is 6.66. The molecule has 0 spiro atoms. The van der Waals surface area contributed by atoms with Gasteiger partial charge in [-0.2, -0.15) is 5.26 Å². The molecule has 0 radical (unpaired) electrons. The van der Waals surface area contributed by atoms with Crippen LogP contribution in [0.15, 0.2) is 40.9 Å². The number of urea groups is 1. The number of nitrogens with one attached hydrogen (secondary N) is 1. The van der Waals surface area contributed by atoms with Crippen LogP contribution in [0, 0.1) is 18.3 Å². The summed E-state index contributed by atoms with van der Waals surface area (Å²) in [7, 11) is 0. The Morgan fingerprint density at radius 2 is 2.12 bits per heavy atom. The maximum Gasteiger partial charge on any atom is 0.318 e. The molecule has 0 fully saturated rings. The van der Waals surface area contributed by atoms with Gasteiger partial charge in [0.05, 0.1) is 17.7 Å². The molecule has 0 aromatic heterocycles. The van der Waals surface area contributed by atoms with Crippen LogP contribution >= 0.6 is 15.9 Å². The molecule has 5 heteroatoms. The highest BCUT2D eigenvalue weighted by molar-refractivity contribution is 9.10. The summed E-state index contributed by atoms with van der Waals surface area (Å²) in [5.41, 5.74) is 5.07. The van der Waals surface area contributed by atoms with Gasteiger partial charge in [0.1, 0.15) is 0 Å². The predicted octanol–water partition coefficient (Wildman–Crippen LogP) is 4.42. The summed E-state index contributed by atoms with van der Waals surface area (Å²) in [5.74, 6) is 0. The minimum absolute atomic E-state index is 0.0920. The molecule has 0 aliphatic carbocycles. The molecule has 3 rings (SSSR count). The summed E-state index contributed by atoms with van der Waals surface area (Å²) < 4.78 is 1.09. The van der Waals surface area contributed by atoms with Crippen LogP contribution in [-0.2, 0) is 13.1 Å². The molecule has 1 aliphatic heterocycles. The van der Waals surface area contributed by atoms with E-state index in [1.54, 1.807) is 11.0 Å². The Morgan fingerprint density at radius 1 is 1.33 bits per heavy atom. The van der Waals surface area contributed by atoms with Crippen LogP contribution in [0.1, 0.15) is 40.8 Å². The Hall–Kier alpha value is -2.32. The fourth-order valence-corrected chi connectivity index (χ4v) is 3.44. The molecular formula is C19H18BrN3O. The molecule has 2 aromatic rings. The number of rotatable bonds is 2. The first-order chi connectivity index (χ1) is 11.5. The first-order valence-corrected chi connectivity index (χ1v) is 8.61. The van der Waals surface area contributed by atoms with Crippen molar-refractivity contribution in [2.24, 2.45) is 0 Å². The van der Waals surface area contributed by atoms with E-state index in [4.69, 9.17) is 5.26 Å². The molecule has 0 saturated carbocycles. The van der Waals surface area contributed by atoms with E-state index in [-0.39, 0.29) is 12.1 Å². The number of amides is 2. The number of carbonyl (C=O) groups is 1. The smallest absolute Gasteiger partial charge is 0.318 e. The van der Waals surface area contributed by atoms with E-state index in [0.29, 0.717) is 18.7 Å². The molecule has 24 heavy (non-hydrogen) atoms. The van der Waals surface area contributed by atoms with Gasteiger partial charge in [0.2, 0.25) is 0 Å². The minimum atomic E-state index is -0.153. The number of halogens is 1. The molecule has 122 valence electrons. The molecule has 1 atom stereocenters. The molecule has 2 aromatic carbocycles. The normalized spacial score (nSPS) is 14.0. The third-order valence-electron chi connectivity index (χ3n) is 4.39. The molecule has 1 unspecified atom stereocenters. The second-order valence-corrected chi connectivity index (χ2v) is 6.89. The number of hydrogen-bond donors (Lipinski definition) is 1. The second-order valence-electron chi connectivity index (χ2n) is 6.10. The number of nitriles is 1. The van der Waals surface area contributed by atoms with Crippen molar-refractivity contribution in [1.82, 2.24) is 10.2 Å². The topological polar surface area (TPSA) is 56.1 Å². The maximum absolute atomic E-state index is 12.6. The van der Waals surface area contributed by atoms with Crippen molar-refractivity contribution in [3.63, 3.8) is 0 Å². The van der Waals surface area contributed by atoms with Crippen molar-refractivity contribution in [3.05, 3.63) is 68.7 Å².